The molecule has 0 aromatic heterocycles. The molecule has 32 heavy (non-hydrogen) atoms. The maximum Gasteiger partial charge on any atom is 0.407 e. The van der Waals surface area contributed by atoms with Crippen LogP contribution in [-0.2, 0) is 14.3 Å². The van der Waals surface area contributed by atoms with Crippen molar-refractivity contribution in [3.8, 4) is 0 Å². The predicted octanol–water partition coefficient (Wildman–Crippen LogP) is 7.56. The number of hydrogen-bond acceptors (Lipinski definition) is 4. The average molecular weight is 454 g/mol. The molecule has 1 N–H and O–H groups in total. The van der Waals surface area contributed by atoms with E-state index < -0.39 is 5.60 Å². The van der Waals surface area contributed by atoms with Gasteiger partial charge in [0.2, 0.25) is 0 Å². The Bertz CT molecular complexity index is 514. The SMILES string of the molecule is CCCCCCCCCCCC(COC(=O)CC)C1CCCCC1NC(=O)OC(C)(C)C. The number of carbonyl (C=O) groups excluding carboxylic acids is 2. The van der Waals surface area contributed by atoms with Crippen LogP contribution in [0.15, 0.2) is 0 Å². The number of alkyl carbamates (subject to hydrolysis) is 1. The first-order valence-electron chi connectivity index (χ1n) is 13.4. The van der Waals surface area contributed by atoms with E-state index in [1.54, 1.807) is 0 Å². The summed E-state index contributed by atoms with van der Waals surface area (Å²) in [5.74, 6) is 0.514. The first kappa shape index (κ1) is 28.8. The monoisotopic (exact) mass is 453 g/mol. The van der Waals surface area contributed by atoms with Gasteiger partial charge in [-0.05, 0) is 51.9 Å². The van der Waals surface area contributed by atoms with Crippen LogP contribution in [0.25, 0.3) is 0 Å². The quantitative estimate of drug-likeness (QED) is 0.205. The van der Waals surface area contributed by atoms with Gasteiger partial charge in [0.25, 0.3) is 0 Å². The number of ether oxygens (including phenoxy) is 2. The molecular weight excluding hydrogens is 402 g/mol. The summed E-state index contributed by atoms with van der Waals surface area (Å²) in [5.41, 5.74) is -0.499. The fourth-order valence-corrected chi connectivity index (χ4v) is 4.80. The highest BCUT2D eigenvalue weighted by Crippen LogP contribution is 2.34. The molecule has 5 heteroatoms. The third-order valence-electron chi connectivity index (χ3n) is 6.55. The summed E-state index contributed by atoms with van der Waals surface area (Å²) in [5, 5.41) is 3.14. The third-order valence-corrected chi connectivity index (χ3v) is 6.55. The second kappa shape index (κ2) is 16.4. The van der Waals surface area contributed by atoms with Crippen molar-refractivity contribution in [1.82, 2.24) is 5.32 Å². The molecule has 3 unspecified atom stereocenters. The van der Waals surface area contributed by atoms with Gasteiger partial charge in [0, 0.05) is 12.5 Å². The summed E-state index contributed by atoms with van der Waals surface area (Å²) in [4.78, 5) is 24.2. The lowest BCUT2D eigenvalue weighted by molar-refractivity contribution is -0.145. The van der Waals surface area contributed by atoms with Crippen molar-refractivity contribution in [2.24, 2.45) is 11.8 Å². The number of unbranched alkanes of at least 4 members (excludes halogenated alkanes) is 8. The van der Waals surface area contributed by atoms with Gasteiger partial charge in [-0.25, -0.2) is 4.79 Å². The van der Waals surface area contributed by atoms with E-state index in [0.717, 1.165) is 25.7 Å². The summed E-state index contributed by atoms with van der Waals surface area (Å²) in [6, 6.07) is 0.0995. The van der Waals surface area contributed by atoms with Crippen molar-refractivity contribution in [3.63, 3.8) is 0 Å². The molecule has 3 atom stereocenters. The Morgan fingerprint density at radius 2 is 1.50 bits per heavy atom. The molecule has 1 amide bonds. The van der Waals surface area contributed by atoms with Gasteiger partial charge in [0.1, 0.15) is 5.60 Å². The lowest BCUT2D eigenvalue weighted by Gasteiger charge is -2.37. The number of nitrogens with one attached hydrogen (secondary N) is 1. The topological polar surface area (TPSA) is 64.6 Å². The highest BCUT2D eigenvalue weighted by molar-refractivity contribution is 5.69. The minimum atomic E-state index is -0.499. The number of rotatable bonds is 15. The van der Waals surface area contributed by atoms with E-state index in [2.05, 4.69) is 12.2 Å². The summed E-state index contributed by atoms with van der Waals surface area (Å²) < 4.78 is 11.1. The molecule has 1 aliphatic carbocycles. The van der Waals surface area contributed by atoms with E-state index in [1.807, 2.05) is 27.7 Å². The highest BCUT2D eigenvalue weighted by Gasteiger charge is 2.34. The van der Waals surface area contributed by atoms with Crippen molar-refractivity contribution < 1.29 is 19.1 Å². The van der Waals surface area contributed by atoms with Crippen LogP contribution in [0.1, 0.15) is 131 Å². The van der Waals surface area contributed by atoms with Crippen LogP contribution in [0.5, 0.6) is 0 Å². The highest BCUT2D eigenvalue weighted by atomic mass is 16.6. The molecule has 0 saturated heterocycles. The molecule has 0 bridgehead atoms. The zero-order valence-electron chi connectivity index (χ0n) is 21.7. The van der Waals surface area contributed by atoms with Crippen molar-refractivity contribution >= 4 is 12.1 Å². The number of amides is 1. The van der Waals surface area contributed by atoms with Gasteiger partial charge in [-0.15, -0.1) is 0 Å². The summed E-state index contributed by atoms with van der Waals surface area (Å²) in [6.45, 7) is 10.2. The van der Waals surface area contributed by atoms with Gasteiger partial charge < -0.3 is 14.8 Å². The molecule has 1 rings (SSSR count). The van der Waals surface area contributed by atoms with Crippen LogP contribution in [0, 0.1) is 11.8 Å². The summed E-state index contributed by atoms with van der Waals surface area (Å²) in [6.07, 6.45) is 17.2. The largest absolute Gasteiger partial charge is 0.465 e. The van der Waals surface area contributed by atoms with E-state index in [4.69, 9.17) is 9.47 Å². The minimum Gasteiger partial charge on any atom is -0.465 e. The minimum absolute atomic E-state index is 0.0995. The molecule has 1 aliphatic rings. The Balaban J connectivity index is 2.57. The molecule has 0 aromatic rings. The summed E-state index contributed by atoms with van der Waals surface area (Å²) in [7, 11) is 0. The van der Waals surface area contributed by atoms with E-state index in [1.165, 1.54) is 64.2 Å². The van der Waals surface area contributed by atoms with Crippen LogP contribution >= 0.6 is 0 Å². The lowest BCUT2D eigenvalue weighted by atomic mass is 9.74. The van der Waals surface area contributed by atoms with Gasteiger partial charge in [-0.2, -0.15) is 0 Å². The Labute approximate surface area is 197 Å². The number of hydrogen-bond donors (Lipinski definition) is 1. The molecule has 1 saturated carbocycles. The summed E-state index contributed by atoms with van der Waals surface area (Å²) >= 11 is 0. The Kier molecular flexibility index (Phi) is 14.7. The van der Waals surface area contributed by atoms with Crippen molar-refractivity contribution in [2.75, 3.05) is 6.61 Å². The van der Waals surface area contributed by atoms with Crippen LogP contribution in [0.2, 0.25) is 0 Å². The van der Waals surface area contributed by atoms with Gasteiger partial charge in [-0.1, -0.05) is 84.5 Å². The Hall–Kier alpha value is -1.26. The van der Waals surface area contributed by atoms with Gasteiger partial charge >= 0.3 is 12.1 Å². The Morgan fingerprint density at radius 1 is 0.906 bits per heavy atom. The third kappa shape index (κ3) is 13.3. The van der Waals surface area contributed by atoms with E-state index in [9.17, 15) is 9.59 Å². The van der Waals surface area contributed by atoms with Gasteiger partial charge in [0.15, 0.2) is 0 Å². The standard InChI is InChI=1S/C27H51NO4/c1-6-8-9-10-11-12-13-14-15-18-22(21-31-25(29)7-2)23-19-16-17-20-24(23)28-26(30)32-27(3,4)5/h22-24H,6-21H2,1-5H3,(H,28,30). The number of esters is 1. The van der Waals surface area contributed by atoms with E-state index in [-0.39, 0.29) is 18.1 Å². The van der Waals surface area contributed by atoms with Crippen LogP contribution in [-0.4, -0.2) is 30.3 Å². The van der Waals surface area contributed by atoms with Crippen LogP contribution in [0.3, 0.4) is 0 Å². The van der Waals surface area contributed by atoms with E-state index >= 15 is 0 Å². The normalized spacial score (nSPS) is 19.9. The van der Waals surface area contributed by atoms with Gasteiger partial charge in [0.05, 0.1) is 6.61 Å². The second-order valence-electron chi connectivity index (χ2n) is 10.6. The molecule has 1 fully saturated rings. The maximum absolute atomic E-state index is 12.4. The predicted molar refractivity (Wildman–Crippen MR) is 132 cm³/mol. The Morgan fingerprint density at radius 3 is 2.09 bits per heavy atom. The fourth-order valence-electron chi connectivity index (χ4n) is 4.80. The second-order valence-corrected chi connectivity index (χ2v) is 10.6. The molecule has 0 spiro atoms. The van der Waals surface area contributed by atoms with E-state index in [0.29, 0.717) is 24.9 Å². The van der Waals surface area contributed by atoms with Crippen molar-refractivity contribution in [1.29, 1.82) is 0 Å². The molecule has 0 aromatic carbocycles. The van der Waals surface area contributed by atoms with Crippen LogP contribution in [0.4, 0.5) is 4.79 Å². The molecule has 0 aliphatic heterocycles. The number of carbonyl (C=O) groups is 2. The molecule has 188 valence electrons. The fraction of sp³-hybridized carbons (Fsp3) is 0.926. The first-order valence-corrected chi connectivity index (χ1v) is 13.4. The maximum atomic E-state index is 12.4. The molecule has 0 heterocycles. The van der Waals surface area contributed by atoms with Crippen LogP contribution < -0.4 is 5.32 Å². The lowest BCUT2D eigenvalue weighted by Crippen LogP contribution is -2.47. The van der Waals surface area contributed by atoms with Crippen molar-refractivity contribution in [3.05, 3.63) is 0 Å². The average Bonchev–Trinajstić information content (AvgIpc) is 2.73. The molecule has 5 nitrogen and oxygen atoms in total. The molecular formula is C27H51NO4. The smallest absolute Gasteiger partial charge is 0.407 e. The zero-order chi connectivity index (χ0) is 23.8. The first-order chi connectivity index (χ1) is 15.3. The van der Waals surface area contributed by atoms with Crippen molar-refractivity contribution in [2.45, 2.75) is 143 Å². The zero-order valence-corrected chi connectivity index (χ0v) is 21.7. The molecule has 0 radical (unpaired) electrons. The van der Waals surface area contributed by atoms with Gasteiger partial charge in [-0.3, -0.25) is 4.79 Å².